The Kier molecular flexibility index (Phi) is 3.12. The van der Waals surface area contributed by atoms with Crippen LogP contribution in [0.2, 0.25) is 0 Å². The van der Waals surface area contributed by atoms with Crippen molar-refractivity contribution in [1.82, 2.24) is 4.90 Å². The molecular weight excluding hydrogens is 254 g/mol. The molecule has 0 saturated carbocycles. The second kappa shape index (κ2) is 4.81. The highest BCUT2D eigenvalue weighted by atomic mass is 16.2. The van der Waals surface area contributed by atoms with Gasteiger partial charge in [0.1, 0.15) is 12.6 Å². The van der Waals surface area contributed by atoms with Gasteiger partial charge in [0, 0.05) is 32.0 Å². The van der Waals surface area contributed by atoms with E-state index in [0.29, 0.717) is 0 Å². The molecule has 1 aromatic carbocycles. The zero-order valence-electron chi connectivity index (χ0n) is 11.9. The van der Waals surface area contributed by atoms with Gasteiger partial charge in [-0.1, -0.05) is 0 Å². The standard InChI is InChI=1S/C15H19N3O2/c1-16(2)11-5-7-12(8-6-11)18-10-14(19)17-9-3-4-13(17)15(18)20/h5-8,13H,3-4,9-10H2,1-2H3. The number of rotatable bonds is 2. The van der Waals surface area contributed by atoms with E-state index in [1.807, 2.05) is 43.3 Å². The third-order valence-electron chi connectivity index (χ3n) is 4.10. The summed E-state index contributed by atoms with van der Waals surface area (Å²) in [5.41, 5.74) is 1.88. The van der Waals surface area contributed by atoms with Gasteiger partial charge in [0.15, 0.2) is 0 Å². The van der Waals surface area contributed by atoms with Gasteiger partial charge in [0.25, 0.3) is 0 Å². The minimum Gasteiger partial charge on any atom is -0.378 e. The van der Waals surface area contributed by atoms with Crippen LogP contribution in [0.1, 0.15) is 12.8 Å². The smallest absolute Gasteiger partial charge is 0.250 e. The third kappa shape index (κ3) is 2.03. The summed E-state index contributed by atoms with van der Waals surface area (Å²) in [4.78, 5) is 30.0. The molecule has 2 aliphatic rings. The summed E-state index contributed by atoms with van der Waals surface area (Å²) in [6.07, 6.45) is 1.71. The van der Waals surface area contributed by atoms with Crippen LogP contribution in [-0.4, -0.2) is 49.9 Å². The van der Waals surface area contributed by atoms with Gasteiger partial charge in [0.05, 0.1) is 0 Å². The van der Waals surface area contributed by atoms with Crippen molar-refractivity contribution in [2.24, 2.45) is 0 Å². The molecule has 0 aliphatic carbocycles. The van der Waals surface area contributed by atoms with Gasteiger partial charge < -0.3 is 14.7 Å². The molecule has 0 spiro atoms. The van der Waals surface area contributed by atoms with E-state index in [-0.39, 0.29) is 24.4 Å². The van der Waals surface area contributed by atoms with Gasteiger partial charge in [-0.15, -0.1) is 0 Å². The van der Waals surface area contributed by atoms with E-state index < -0.39 is 0 Å². The maximum Gasteiger partial charge on any atom is 0.250 e. The molecule has 2 amide bonds. The molecule has 2 aliphatic heterocycles. The Labute approximate surface area is 118 Å². The first-order valence-electron chi connectivity index (χ1n) is 6.96. The van der Waals surface area contributed by atoms with E-state index in [4.69, 9.17) is 0 Å². The first-order valence-corrected chi connectivity index (χ1v) is 6.96. The number of carbonyl (C=O) groups excluding carboxylic acids is 2. The Bertz CT molecular complexity index is 539. The van der Waals surface area contributed by atoms with Crippen LogP contribution in [0.5, 0.6) is 0 Å². The van der Waals surface area contributed by atoms with Crippen molar-refractivity contribution in [3.05, 3.63) is 24.3 Å². The molecule has 20 heavy (non-hydrogen) atoms. The molecular formula is C15H19N3O2. The summed E-state index contributed by atoms with van der Waals surface area (Å²) >= 11 is 0. The Morgan fingerprint density at radius 2 is 1.85 bits per heavy atom. The molecule has 0 N–H and O–H groups in total. The topological polar surface area (TPSA) is 43.9 Å². The second-order valence-corrected chi connectivity index (χ2v) is 5.58. The summed E-state index contributed by atoms with van der Waals surface area (Å²) in [7, 11) is 3.95. The van der Waals surface area contributed by atoms with Crippen molar-refractivity contribution in [1.29, 1.82) is 0 Å². The number of anilines is 2. The molecule has 2 saturated heterocycles. The van der Waals surface area contributed by atoms with E-state index in [0.717, 1.165) is 30.8 Å². The molecule has 1 aromatic rings. The number of carbonyl (C=O) groups is 2. The van der Waals surface area contributed by atoms with E-state index in [1.54, 1.807) is 9.80 Å². The van der Waals surface area contributed by atoms with Crippen LogP contribution in [0.4, 0.5) is 11.4 Å². The first-order chi connectivity index (χ1) is 9.58. The third-order valence-corrected chi connectivity index (χ3v) is 4.10. The average molecular weight is 273 g/mol. The number of fused-ring (bicyclic) bond motifs is 1. The zero-order chi connectivity index (χ0) is 14.3. The van der Waals surface area contributed by atoms with Crippen molar-refractivity contribution < 1.29 is 9.59 Å². The van der Waals surface area contributed by atoms with Crippen LogP contribution < -0.4 is 9.80 Å². The maximum absolute atomic E-state index is 12.5. The lowest BCUT2D eigenvalue weighted by molar-refractivity contribution is -0.140. The summed E-state index contributed by atoms with van der Waals surface area (Å²) in [6.45, 7) is 0.888. The van der Waals surface area contributed by atoms with Gasteiger partial charge in [-0.3, -0.25) is 9.59 Å². The summed E-state index contributed by atoms with van der Waals surface area (Å²) < 4.78 is 0. The molecule has 2 heterocycles. The van der Waals surface area contributed by atoms with Crippen molar-refractivity contribution in [2.75, 3.05) is 37.0 Å². The van der Waals surface area contributed by atoms with Gasteiger partial charge >= 0.3 is 0 Å². The lowest BCUT2D eigenvalue weighted by Gasteiger charge is -2.36. The highest BCUT2D eigenvalue weighted by Crippen LogP contribution is 2.28. The molecule has 0 bridgehead atoms. The molecule has 2 fully saturated rings. The van der Waals surface area contributed by atoms with E-state index in [1.165, 1.54) is 0 Å². The lowest BCUT2D eigenvalue weighted by atomic mass is 10.1. The normalized spacial score (nSPS) is 22.2. The van der Waals surface area contributed by atoms with E-state index in [9.17, 15) is 9.59 Å². The number of hydrogen-bond acceptors (Lipinski definition) is 3. The lowest BCUT2D eigenvalue weighted by Crippen LogP contribution is -2.57. The minimum absolute atomic E-state index is 0.0553. The van der Waals surface area contributed by atoms with E-state index >= 15 is 0 Å². The monoisotopic (exact) mass is 273 g/mol. The number of amides is 2. The van der Waals surface area contributed by atoms with Crippen LogP contribution in [0, 0.1) is 0 Å². The first kappa shape index (κ1) is 13.0. The Morgan fingerprint density at radius 3 is 2.50 bits per heavy atom. The molecule has 3 rings (SSSR count). The molecule has 5 nitrogen and oxygen atoms in total. The summed E-state index contributed by atoms with van der Waals surface area (Å²) in [5.74, 6) is 0.114. The molecule has 5 heteroatoms. The van der Waals surface area contributed by atoms with Crippen molar-refractivity contribution in [2.45, 2.75) is 18.9 Å². The highest BCUT2D eigenvalue weighted by molar-refractivity contribution is 6.06. The van der Waals surface area contributed by atoms with Crippen LogP contribution >= 0.6 is 0 Å². The predicted molar refractivity (Wildman–Crippen MR) is 77.9 cm³/mol. The quantitative estimate of drug-likeness (QED) is 0.810. The minimum atomic E-state index is -0.246. The summed E-state index contributed by atoms with van der Waals surface area (Å²) in [6, 6.07) is 7.50. The van der Waals surface area contributed by atoms with Crippen molar-refractivity contribution in [3.63, 3.8) is 0 Å². The molecule has 0 radical (unpaired) electrons. The fourth-order valence-electron chi connectivity index (χ4n) is 2.96. The highest BCUT2D eigenvalue weighted by Gasteiger charge is 2.42. The Morgan fingerprint density at radius 1 is 1.15 bits per heavy atom. The second-order valence-electron chi connectivity index (χ2n) is 5.58. The van der Waals surface area contributed by atoms with Gasteiger partial charge in [-0.05, 0) is 37.1 Å². The maximum atomic E-state index is 12.5. The Balaban J connectivity index is 1.86. The van der Waals surface area contributed by atoms with Crippen molar-refractivity contribution in [3.8, 4) is 0 Å². The van der Waals surface area contributed by atoms with Crippen LogP contribution in [0.3, 0.4) is 0 Å². The number of piperazine rings is 1. The van der Waals surface area contributed by atoms with Crippen LogP contribution in [0.25, 0.3) is 0 Å². The van der Waals surface area contributed by atoms with Crippen molar-refractivity contribution >= 4 is 23.2 Å². The molecule has 0 aromatic heterocycles. The van der Waals surface area contributed by atoms with Gasteiger partial charge in [-0.25, -0.2) is 0 Å². The fraction of sp³-hybridized carbons (Fsp3) is 0.467. The zero-order valence-corrected chi connectivity index (χ0v) is 11.9. The fourth-order valence-corrected chi connectivity index (χ4v) is 2.96. The summed E-state index contributed by atoms with van der Waals surface area (Å²) in [5, 5.41) is 0. The number of nitrogens with zero attached hydrogens (tertiary/aromatic N) is 3. The molecule has 1 atom stereocenters. The Hall–Kier alpha value is -2.04. The van der Waals surface area contributed by atoms with Crippen LogP contribution in [-0.2, 0) is 9.59 Å². The predicted octanol–water partition coefficient (Wildman–Crippen LogP) is 1.09. The number of benzene rings is 1. The SMILES string of the molecule is CN(C)c1ccc(N2CC(=O)N3CCCC3C2=O)cc1. The van der Waals surface area contributed by atoms with E-state index in [2.05, 4.69) is 0 Å². The number of hydrogen-bond donors (Lipinski definition) is 0. The van der Waals surface area contributed by atoms with Gasteiger partial charge in [-0.2, -0.15) is 0 Å². The van der Waals surface area contributed by atoms with Crippen LogP contribution in [0.15, 0.2) is 24.3 Å². The molecule has 106 valence electrons. The average Bonchev–Trinajstić information content (AvgIpc) is 2.93. The largest absolute Gasteiger partial charge is 0.378 e. The molecule has 1 unspecified atom stereocenters. The van der Waals surface area contributed by atoms with Gasteiger partial charge in [0.2, 0.25) is 11.8 Å².